The van der Waals surface area contributed by atoms with Gasteiger partial charge in [0.05, 0.1) is 0 Å². The van der Waals surface area contributed by atoms with Crippen molar-refractivity contribution in [2.75, 3.05) is 13.6 Å². The molecule has 19 heavy (non-hydrogen) atoms. The van der Waals surface area contributed by atoms with Crippen LogP contribution in [0.4, 0.5) is 4.79 Å². The molecule has 1 saturated carbocycles. The van der Waals surface area contributed by atoms with Gasteiger partial charge >= 0.3 is 12.0 Å². The number of carboxylic acid groups (broad SMARTS) is 1. The minimum Gasteiger partial charge on any atom is -0.480 e. The van der Waals surface area contributed by atoms with E-state index in [1.807, 2.05) is 20.8 Å². The molecular formula is C14H26N2O3. The van der Waals surface area contributed by atoms with Crippen molar-refractivity contribution in [3.05, 3.63) is 0 Å². The molecule has 1 fully saturated rings. The fraction of sp³-hybridized carbons (Fsp3) is 0.857. The van der Waals surface area contributed by atoms with E-state index in [2.05, 4.69) is 0 Å². The van der Waals surface area contributed by atoms with Crippen molar-refractivity contribution in [1.82, 2.24) is 9.80 Å². The summed E-state index contributed by atoms with van der Waals surface area (Å²) >= 11 is 0. The number of hydrogen-bond donors (Lipinski definition) is 1. The fourth-order valence-corrected chi connectivity index (χ4v) is 2.40. The molecule has 1 rings (SSSR count). The Balaban J connectivity index is 2.84. The van der Waals surface area contributed by atoms with Gasteiger partial charge in [-0.25, -0.2) is 4.79 Å². The van der Waals surface area contributed by atoms with Crippen LogP contribution in [0.1, 0.15) is 52.9 Å². The van der Waals surface area contributed by atoms with Gasteiger partial charge in [0.2, 0.25) is 0 Å². The standard InChI is InChI=1S/C14H26N2O3/c1-5-14(2,3)15(4)13(19)16(10-12(17)18)11-8-6-7-9-11/h11H,5-10H2,1-4H3,(H,17,18). The Kier molecular flexibility index (Phi) is 5.20. The first-order chi connectivity index (χ1) is 8.79. The summed E-state index contributed by atoms with van der Waals surface area (Å²) in [5.74, 6) is -0.942. The van der Waals surface area contributed by atoms with E-state index in [9.17, 15) is 9.59 Å². The highest BCUT2D eigenvalue weighted by Crippen LogP contribution is 2.26. The highest BCUT2D eigenvalue weighted by molar-refractivity contribution is 5.80. The molecular weight excluding hydrogens is 244 g/mol. The minimum absolute atomic E-state index is 0.0821. The molecule has 0 aromatic carbocycles. The summed E-state index contributed by atoms with van der Waals surface area (Å²) in [4.78, 5) is 26.8. The summed E-state index contributed by atoms with van der Waals surface area (Å²) < 4.78 is 0. The lowest BCUT2D eigenvalue weighted by atomic mass is 10.0. The Hall–Kier alpha value is -1.26. The molecule has 0 radical (unpaired) electrons. The van der Waals surface area contributed by atoms with Gasteiger partial charge in [-0.05, 0) is 33.1 Å². The predicted molar refractivity (Wildman–Crippen MR) is 74.1 cm³/mol. The molecule has 0 bridgehead atoms. The zero-order valence-corrected chi connectivity index (χ0v) is 12.5. The van der Waals surface area contributed by atoms with E-state index in [-0.39, 0.29) is 24.2 Å². The molecule has 110 valence electrons. The van der Waals surface area contributed by atoms with Crippen LogP contribution in [0.2, 0.25) is 0 Å². The second-order valence-electron chi connectivity index (χ2n) is 5.97. The average molecular weight is 270 g/mol. The van der Waals surface area contributed by atoms with Crippen molar-refractivity contribution in [2.45, 2.75) is 64.5 Å². The van der Waals surface area contributed by atoms with Gasteiger partial charge in [-0.2, -0.15) is 0 Å². The second kappa shape index (κ2) is 6.26. The highest BCUT2D eigenvalue weighted by atomic mass is 16.4. The molecule has 1 aliphatic carbocycles. The smallest absolute Gasteiger partial charge is 0.323 e. The maximum Gasteiger partial charge on any atom is 0.323 e. The summed E-state index contributed by atoms with van der Waals surface area (Å²) in [6.07, 6.45) is 4.82. The number of rotatable bonds is 5. The molecule has 1 N–H and O–H groups in total. The quantitative estimate of drug-likeness (QED) is 0.835. The zero-order valence-electron chi connectivity index (χ0n) is 12.5. The van der Waals surface area contributed by atoms with Gasteiger partial charge in [0.1, 0.15) is 6.54 Å². The number of amides is 2. The summed E-state index contributed by atoms with van der Waals surface area (Å²) in [6.45, 7) is 5.82. The van der Waals surface area contributed by atoms with Crippen molar-refractivity contribution in [1.29, 1.82) is 0 Å². The van der Waals surface area contributed by atoms with E-state index in [4.69, 9.17) is 5.11 Å². The topological polar surface area (TPSA) is 60.9 Å². The van der Waals surface area contributed by atoms with Gasteiger partial charge in [-0.1, -0.05) is 19.8 Å². The van der Waals surface area contributed by atoms with Gasteiger partial charge < -0.3 is 14.9 Å². The van der Waals surface area contributed by atoms with Crippen LogP contribution in [0.15, 0.2) is 0 Å². The number of nitrogens with zero attached hydrogens (tertiary/aromatic N) is 2. The third-order valence-electron chi connectivity index (χ3n) is 4.38. The van der Waals surface area contributed by atoms with Crippen molar-refractivity contribution >= 4 is 12.0 Å². The van der Waals surface area contributed by atoms with Crippen LogP contribution in [-0.4, -0.2) is 52.1 Å². The SMILES string of the molecule is CCC(C)(C)N(C)C(=O)N(CC(=O)O)C1CCCC1. The van der Waals surface area contributed by atoms with Gasteiger partial charge in [0.25, 0.3) is 0 Å². The number of carbonyl (C=O) groups is 2. The molecule has 0 aliphatic heterocycles. The van der Waals surface area contributed by atoms with E-state index in [0.717, 1.165) is 32.1 Å². The van der Waals surface area contributed by atoms with Crippen molar-refractivity contribution in [2.24, 2.45) is 0 Å². The summed E-state index contributed by atoms with van der Waals surface area (Å²) in [5.41, 5.74) is -0.257. The van der Waals surface area contributed by atoms with Crippen LogP contribution in [-0.2, 0) is 4.79 Å². The number of hydrogen-bond acceptors (Lipinski definition) is 2. The molecule has 0 spiro atoms. The highest BCUT2D eigenvalue weighted by Gasteiger charge is 2.34. The second-order valence-corrected chi connectivity index (χ2v) is 5.97. The maximum atomic E-state index is 12.6. The van der Waals surface area contributed by atoms with Crippen LogP contribution in [0.5, 0.6) is 0 Å². The normalized spacial score (nSPS) is 16.4. The maximum absolute atomic E-state index is 12.6. The fourth-order valence-electron chi connectivity index (χ4n) is 2.40. The number of carboxylic acids is 1. The lowest BCUT2D eigenvalue weighted by Gasteiger charge is -2.40. The van der Waals surface area contributed by atoms with E-state index in [1.165, 1.54) is 4.90 Å². The van der Waals surface area contributed by atoms with Crippen molar-refractivity contribution < 1.29 is 14.7 Å². The average Bonchev–Trinajstić information content (AvgIpc) is 2.87. The van der Waals surface area contributed by atoms with Crippen LogP contribution in [0.25, 0.3) is 0 Å². The monoisotopic (exact) mass is 270 g/mol. The first kappa shape index (κ1) is 15.8. The van der Waals surface area contributed by atoms with E-state index in [0.29, 0.717) is 0 Å². The number of aliphatic carboxylic acids is 1. The number of urea groups is 1. The summed E-state index contributed by atoms with van der Waals surface area (Å²) in [5, 5.41) is 9.02. The van der Waals surface area contributed by atoms with Gasteiger partial charge in [0, 0.05) is 18.6 Å². The van der Waals surface area contributed by atoms with Gasteiger partial charge in [-0.3, -0.25) is 4.79 Å². The molecule has 5 heteroatoms. The van der Waals surface area contributed by atoms with Crippen LogP contribution in [0.3, 0.4) is 0 Å². The van der Waals surface area contributed by atoms with Crippen LogP contribution < -0.4 is 0 Å². The minimum atomic E-state index is -0.942. The summed E-state index contributed by atoms with van der Waals surface area (Å²) in [7, 11) is 1.76. The first-order valence-corrected chi connectivity index (χ1v) is 7.06. The molecule has 2 amide bonds. The Labute approximate surface area is 115 Å². The van der Waals surface area contributed by atoms with E-state index >= 15 is 0 Å². The third kappa shape index (κ3) is 3.85. The predicted octanol–water partition coefficient (Wildman–Crippen LogP) is 2.56. The van der Waals surface area contributed by atoms with Gasteiger partial charge in [0.15, 0.2) is 0 Å². The molecule has 0 aromatic heterocycles. The van der Waals surface area contributed by atoms with E-state index < -0.39 is 5.97 Å². The molecule has 5 nitrogen and oxygen atoms in total. The largest absolute Gasteiger partial charge is 0.480 e. The third-order valence-corrected chi connectivity index (χ3v) is 4.38. The lowest BCUT2D eigenvalue weighted by molar-refractivity contribution is -0.138. The molecule has 1 aliphatic rings. The molecule has 0 aromatic rings. The van der Waals surface area contributed by atoms with Crippen LogP contribution in [0, 0.1) is 0 Å². The Bertz CT molecular complexity index is 336. The lowest BCUT2D eigenvalue weighted by Crippen LogP contribution is -2.54. The Morgan fingerprint density at radius 2 is 1.79 bits per heavy atom. The van der Waals surface area contributed by atoms with Crippen LogP contribution >= 0.6 is 0 Å². The van der Waals surface area contributed by atoms with Gasteiger partial charge in [-0.15, -0.1) is 0 Å². The van der Waals surface area contributed by atoms with Crippen molar-refractivity contribution in [3.8, 4) is 0 Å². The zero-order chi connectivity index (χ0) is 14.6. The molecule has 0 saturated heterocycles. The van der Waals surface area contributed by atoms with E-state index in [1.54, 1.807) is 11.9 Å². The summed E-state index contributed by atoms with van der Waals surface area (Å²) in [6, 6.07) is -0.0835. The Morgan fingerprint density at radius 3 is 2.21 bits per heavy atom. The van der Waals surface area contributed by atoms with Crippen molar-refractivity contribution in [3.63, 3.8) is 0 Å². The Morgan fingerprint density at radius 1 is 1.26 bits per heavy atom. The number of carbonyl (C=O) groups excluding carboxylic acids is 1. The molecule has 0 atom stereocenters. The molecule has 0 unspecified atom stereocenters. The first-order valence-electron chi connectivity index (χ1n) is 7.06. The molecule has 0 heterocycles.